The standard InChI is InChI=1S/C25H38N4O3/c1-15-14-27(11-12-28(15)24(31)32-25(4,5)6)19-9-10-21-20(13-19)22(26)16(2)23(18-7-8-18)29(21)17(3)30/h9-10,13,15-16,18,22-23H,7-8,11-12,14,26H2,1-6H3/t15?,16-,22-,23?/m1/s1. The third kappa shape index (κ3) is 4.32. The van der Waals surface area contributed by atoms with E-state index in [0.717, 1.165) is 30.0 Å². The third-order valence-corrected chi connectivity index (χ3v) is 7.10. The fraction of sp³-hybridized carbons (Fsp3) is 0.680. The second kappa shape index (κ2) is 8.25. The Morgan fingerprint density at radius 1 is 1.12 bits per heavy atom. The topological polar surface area (TPSA) is 79.1 Å². The molecule has 0 bridgehead atoms. The second-order valence-corrected chi connectivity index (χ2v) is 10.8. The van der Waals surface area contributed by atoms with Crippen molar-refractivity contribution in [2.45, 2.75) is 78.1 Å². The fourth-order valence-corrected chi connectivity index (χ4v) is 5.36. The van der Waals surface area contributed by atoms with Gasteiger partial charge in [-0.3, -0.25) is 4.79 Å². The summed E-state index contributed by atoms with van der Waals surface area (Å²) in [6.07, 6.45) is 2.10. The molecule has 2 heterocycles. The van der Waals surface area contributed by atoms with Gasteiger partial charge in [0.1, 0.15) is 5.60 Å². The normalized spacial score (nSPS) is 28.4. The lowest BCUT2D eigenvalue weighted by atomic mass is 9.80. The number of hydrogen-bond donors (Lipinski definition) is 1. The molecular weight excluding hydrogens is 404 g/mol. The van der Waals surface area contributed by atoms with Crippen LogP contribution in [0, 0.1) is 11.8 Å². The lowest BCUT2D eigenvalue weighted by molar-refractivity contribution is -0.117. The highest BCUT2D eigenvalue weighted by Crippen LogP contribution is 2.49. The SMILES string of the molecule is CC(=O)N1c2ccc(N3CCN(C(=O)OC(C)(C)C)C(C)C3)cc2[C@H](N)[C@@H](C)C1C1CC1. The van der Waals surface area contributed by atoms with Crippen molar-refractivity contribution < 1.29 is 14.3 Å². The Hall–Kier alpha value is -2.28. The Balaban J connectivity index is 1.55. The first-order valence-corrected chi connectivity index (χ1v) is 11.9. The lowest BCUT2D eigenvalue weighted by Gasteiger charge is -2.45. The van der Waals surface area contributed by atoms with Gasteiger partial charge < -0.3 is 25.2 Å². The number of piperazine rings is 1. The van der Waals surface area contributed by atoms with Crippen LogP contribution in [0.25, 0.3) is 0 Å². The van der Waals surface area contributed by atoms with E-state index in [2.05, 4.69) is 36.9 Å². The van der Waals surface area contributed by atoms with Crippen LogP contribution in [0.4, 0.5) is 16.2 Å². The first-order chi connectivity index (χ1) is 15.0. The van der Waals surface area contributed by atoms with E-state index in [1.54, 1.807) is 6.92 Å². The second-order valence-electron chi connectivity index (χ2n) is 10.8. The minimum Gasteiger partial charge on any atom is -0.444 e. The number of carbonyl (C=O) groups excluding carboxylic acids is 2. The van der Waals surface area contributed by atoms with Gasteiger partial charge in [0.25, 0.3) is 0 Å². The van der Waals surface area contributed by atoms with Gasteiger partial charge in [-0.05, 0) is 76.1 Å². The van der Waals surface area contributed by atoms with Crippen molar-refractivity contribution in [1.29, 1.82) is 0 Å². The van der Waals surface area contributed by atoms with E-state index in [-0.39, 0.29) is 36.0 Å². The van der Waals surface area contributed by atoms with Crippen LogP contribution in [0.3, 0.4) is 0 Å². The number of anilines is 2. The molecule has 2 N–H and O–H groups in total. The highest BCUT2D eigenvalue weighted by Gasteiger charge is 2.46. The minimum atomic E-state index is -0.500. The molecule has 1 aromatic carbocycles. The van der Waals surface area contributed by atoms with Crippen molar-refractivity contribution in [3.63, 3.8) is 0 Å². The van der Waals surface area contributed by atoms with Gasteiger partial charge in [-0.25, -0.2) is 4.79 Å². The van der Waals surface area contributed by atoms with Crippen LogP contribution < -0.4 is 15.5 Å². The predicted molar refractivity (Wildman–Crippen MR) is 127 cm³/mol. The number of nitrogens with two attached hydrogens (primary N) is 1. The number of hydrogen-bond acceptors (Lipinski definition) is 5. The van der Waals surface area contributed by atoms with Crippen molar-refractivity contribution in [2.75, 3.05) is 29.4 Å². The predicted octanol–water partition coefficient (Wildman–Crippen LogP) is 3.91. The molecule has 3 aliphatic rings. The summed E-state index contributed by atoms with van der Waals surface area (Å²) in [5.41, 5.74) is 9.33. The number of benzene rings is 1. The largest absolute Gasteiger partial charge is 0.444 e. The molecule has 0 spiro atoms. The van der Waals surface area contributed by atoms with E-state index in [1.807, 2.05) is 30.6 Å². The van der Waals surface area contributed by atoms with Gasteiger partial charge in [0, 0.05) is 56.1 Å². The summed E-state index contributed by atoms with van der Waals surface area (Å²) < 4.78 is 5.57. The van der Waals surface area contributed by atoms with E-state index in [0.29, 0.717) is 12.5 Å². The van der Waals surface area contributed by atoms with Gasteiger partial charge in [0.2, 0.25) is 5.91 Å². The molecule has 7 heteroatoms. The Labute approximate surface area is 191 Å². The number of nitrogens with zero attached hydrogens (tertiary/aromatic N) is 3. The summed E-state index contributed by atoms with van der Waals surface area (Å²) in [5.74, 6) is 0.876. The average molecular weight is 443 g/mol. The minimum absolute atomic E-state index is 0.0372. The van der Waals surface area contributed by atoms with Crippen LogP contribution in [-0.2, 0) is 9.53 Å². The summed E-state index contributed by atoms with van der Waals surface area (Å²) in [6.45, 7) is 13.6. The first kappa shape index (κ1) is 22.9. The van der Waals surface area contributed by atoms with Crippen molar-refractivity contribution in [2.24, 2.45) is 17.6 Å². The first-order valence-electron chi connectivity index (χ1n) is 11.9. The monoisotopic (exact) mass is 442 g/mol. The van der Waals surface area contributed by atoms with Gasteiger partial charge in [0.05, 0.1) is 0 Å². The van der Waals surface area contributed by atoms with Crippen molar-refractivity contribution in [1.82, 2.24) is 4.90 Å². The summed E-state index contributed by atoms with van der Waals surface area (Å²) in [4.78, 5) is 31.3. The van der Waals surface area contributed by atoms with E-state index in [9.17, 15) is 9.59 Å². The molecule has 176 valence electrons. The zero-order chi connectivity index (χ0) is 23.4. The van der Waals surface area contributed by atoms with E-state index in [4.69, 9.17) is 10.5 Å². The molecule has 2 unspecified atom stereocenters. The summed E-state index contributed by atoms with van der Waals surface area (Å²) in [6, 6.07) is 6.46. The molecule has 1 saturated heterocycles. The molecule has 1 aromatic rings. The molecule has 32 heavy (non-hydrogen) atoms. The number of amides is 2. The fourth-order valence-electron chi connectivity index (χ4n) is 5.36. The maximum atomic E-state index is 12.6. The molecule has 1 aliphatic carbocycles. The number of rotatable bonds is 2. The molecule has 0 radical (unpaired) electrons. The van der Waals surface area contributed by atoms with Crippen molar-refractivity contribution >= 4 is 23.4 Å². The van der Waals surface area contributed by atoms with E-state index >= 15 is 0 Å². The van der Waals surface area contributed by atoms with Crippen LogP contribution in [0.15, 0.2) is 18.2 Å². The number of carbonyl (C=O) groups is 2. The number of ether oxygens (including phenoxy) is 1. The maximum absolute atomic E-state index is 12.6. The van der Waals surface area contributed by atoms with Crippen LogP contribution in [0.1, 0.15) is 66.0 Å². The quantitative estimate of drug-likeness (QED) is 0.751. The van der Waals surface area contributed by atoms with E-state index < -0.39 is 5.60 Å². The highest BCUT2D eigenvalue weighted by molar-refractivity contribution is 5.94. The highest BCUT2D eigenvalue weighted by atomic mass is 16.6. The van der Waals surface area contributed by atoms with Gasteiger partial charge >= 0.3 is 6.09 Å². The molecular formula is C25H38N4O3. The maximum Gasteiger partial charge on any atom is 0.410 e. The lowest BCUT2D eigenvalue weighted by Crippen LogP contribution is -2.55. The molecule has 2 fully saturated rings. The summed E-state index contributed by atoms with van der Waals surface area (Å²) >= 11 is 0. The summed E-state index contributed by atoms with van der Waals surface area (Å²) in [5, 5.41) is 0. The smallest absolute Gasteiger partial charge is 0.410 e. The van der Waals surface area contributed by atoms with Crippen LogP contribution in [0.5, 0.6) is 0 Å². The number of fused-ring (bicyclic) bond motifs is 1. The van der Waals surface area contributed by atoms with Gasteiger partial charge in [0.15, 0.2) is 0 Å². The Morgan fingerprint density at radius 2 is 1.81 bits per heavy atom. The Bertz CT molecular complexity index is 892. The van der Waals surface area contributed by atoms with Gasteiger partial charge in [-0.2, -0.15) is 0 Å². The Kier molecular flexibility index (Phi) is 5.90. The van der Waals surface area contributed by atoms with Crippen molar-refractivity contribution in [3.05, 3.63) is 23.8 Å². The molecule has 4 rings (SSSR count). The van der Waals surface area contributed by atoms with Crippen LogP contribution in [-0.4, -0.2) is 54.2 Å². The van der Waals surface area contributed by atoms with Crippen LogP contribution >= 0.6 is 0 Å². The average Bonchev–Trinajstić information content (AvgIpc) is 3.53. The summed E-state index contributed by atoms with van der Waals surface area (Å²) in [7, 11) is 0. The van der Waals surface area contributed by atoms with Crippen LogP contribution in [0.2, 0.25) is 0 Å². The zero-order valence-electron chi connectivity index (χ0n) is 20.3. The zero-order valence-corrected chi connectivity index (χ0v) is 20.3. The molecule has 2 aliphatic heterocycles. The molecule has 7 nitrogen and oxygen atoms in total. The van der Waals surface area contributed by atoms with Crippen molar-refractivity contribution in [3.8, 4) is 0 Å². The molecule has 0 aromatic heterocycles. The Morgan fingerprint density at radius 3 is 2.38 bits per heavy atom. The van der Waals surface area contributed by atoms with E-state index in [1.165, 1.54) is 12.8 Å². The van der Waals surface area contributed by atoms with Gasteiger partial charge in [-0.15, -0.1) is 0 Å². The molecule has 1 saturated carbocycles. The third-order valence-electron chi connectivity index (χ3n) is 7.10. The molecule has 2 amide bonds. The van der Waals surface area contributed by atoms with Gasteiger partial charge in [-0.1, -0.05) is 6.92 Å². The molecule has 4 atom stereocenters.